The zero-order chi connectivity index (χ0) is 18.9. The van der Waals surface area contributed by atoms with Gasteiger partial charge in [-0.3, -0.25) is 10.2 Å². The fourth-order valence-electron chi connectivity index (χ4n) is 2.51. The lowest BCUT2D eigenvalue weighted by Crippen LogP contribution is -2.51. The van der Waals surface area contributed by atoms with Crippen LogP contribution in [0.5, 0.6) is 0 Å². The maximum atomic E-state index is 13.4. The molecule has 4 nitrogen and oxygen atoms in total. The molecule has 0 saturated carbocycles. The highest BCUT2D eigenvalue weighted by atomic mass is 19.4. The first-order valence-corrected chi connectivity index (χ1v) is 7.54. The van der Waals surface area contributed by atoms with Crippen LogP contribution in [-0.2, 0) is 11.2 Å². The fraction of sp³-hybridized carbons (Fsp3) is 0.111. The molecule has 0 fully saturated rings. The van der Waals surface area contributed by atoms with E-state index in [1.807, 2.05) is 0 Å². The van der Waals surface area contributed by atoms with Gasteiger partial charge in [0.2, 0.25) is 11.7 Å². The molecule has 3 rings (SSSR count). The van der Waals surface area contributed by atoms with Gasteiger partial charge in [-0.25, -0.2) is 14.4 Å². The Labute approximate surface area is 146 Å². The predicted octanol–water partition coefficient (Wildman–Crippen LogP) is 3.98. The number of hydrogen-bond donors (Lipinski definition) is 1. The Hall–Kier alpha value is -3.16. The van der Waals surface area contributed by atoms with E-state index < -0.39 is 23.7 Å². The maximum Gasteiger partial charge on any atom is 0.451 e. The van der Waals surface area contributed by atoms with Crippen LogP contribution in [0.4, 0.5) is 23.2 Å². The van der Waals surface area contributed by atoms with Crippen LogP contribution in [0.25, 0.3) is 5.70 Å². The van der Waals surface area contributed by atoms with E-state index in [-0.39, 0.29) is 23.4 Å². The molecule has 0 saturated heterocycles. The van der Waals surface area contributed by atoms with Gasteiger partial charge in [-0.2, -0.15) is 13.2 Å². The summed E-state index contributed by atoms with van der Waals surface area (Å²) in [5, 5.41) is 0.492. The molecular formula is C18H13F4N3O. The molecule has 1 N–H and O–H groups in total. The van der Waals surface area contributed by atoms with Crippen molar-refractivity contribution in [1.29, 1.82) is 0 Å². The Morgan fingerprint density at radius 2 is 1.85 bits per heavy atom. The van der Waals surface area contributed by atoms with Crippen molar-refractivity contribution in [3.63, 3.8) is 0 Å². The number of aliphatic imine (C=N–C) groups is 1. The summed E-state index contributed by atoms with van der Waals surface area (Å²) >= 11 is 0. The number of hydrogen-bond acceptors (Lipinski definition) is 3. The van der Waals surface area contributed by atoms with Crippen LogP contribution in [0.1, 0.15) is 11.1 Å². The van der Waals surface area contributed by atoms with Gasteiger partial charge in [-0.05, 0) is 17.7 Å². The zero-order valence-corrected chi connectivity index (χ0v) is 13.3. The number of rotatable bonds is 3. The minimum atomic E-state index is -4.87. The third-order valence-corrected chi connectivity index (χ3v) is 3.68. The predicted molar refractivity (Wildman–Crippen MR) is 88.7 cm³/mol. The number of hydrazine groups is 1. The summed E-state index contributed by atoms with van der Waals surface area (Å²) < 4.78 is 53.5. The van der Waals surface area contributed by atoms with E-state index in [0.717, 1.165) is 12.1 Å². The third-order valence-electron chi connectivity index (χ3n) is 3.68. The molecule has 1 aliphatic rings. The molecule has 1 aliphatic heterocycles. The van der Waals surface area contributed by atoms with Crippen molar-refractivity contribution in [2.24, 2.45) is 4.99 Å². The number of carbonyl (C=O) groups excluding carboxylic acids is 1. The first-order chi connectivity index (χ1) is 12.3. The molecule has 1 amide bonds. The number of halogens is 4. The van der Waals surface area contributed by atoms with E-state index in [2.05, 4.69) is 17.0 Å². The Morgan fingerprint density at radius 1 is 1.15 bits per heavy atom. The lowest BCUT2D eigenvalue weighted by Gasteiger charge is -2.32. The highest BCUT2D eigenvalue weighted by molar-refractivity contribution is 6.01. The molecule has 2 aromatic rings. The number of benzene rings is 2. The highest BCUT2D eigenvalue weighted by Gasteiger charge is 2.44. The van der Waals surface area contributed by atoms with Crippen LogP contribution in [0.2, 0.25) is 0 Å². The molecule has 2 aromatic carbocycles. The average Bonchev–Trinajstić information content (AvgIpc) is 2.57. The molecule has 0 aromatic heterocycles. The molecule has 0 radical (unpaired) electrons. The Kier molecular flexibility index (Phi) is 4.50. The topological polar surface area (TPSA) is 44.7 Å². The van der Waals surface area contributed by atoms with Gasteiger partial charge < -0.3 is 0 Å². The summed E-state index contributed by atoms with van der Waals surface area (Å²) in [5.74, 6) is -2.77. The average molecular weight is 363 g/mol. The summed E-state index contributed by atoms with van der Waals surface area (Å²) in [7, 11) is 0. The summed E-state index contributed by atoms with van der Waals surface area (Å²) in [6.45, 7) is 3.60. The number of carbonyl (C=O) groups is 1. The standard InChI is InChI=1S/C18H13F4N3O/c1-11-14-8-7-13(19)10-15(14)23-17(18(20,21)22)25(11)24-16(26)9-12-5-3-2-4-6-12/h2-8,10H,1,9H2,(H,24,26). The molecule has 1 heterocycles. The maximum absolute atomic E-state index is 13.4. The molecule has 0 bridgehead atoms. The number of nitrogens with one attached hydrogen (secondary N) is 1. The van der Waals surface area contributed by atoms with Gasteiger partial charge in [0.25, 0.3) is 0 Å². The molecule has 0 atom stereocenters. The van der Waals surface area contributed by atoms with E-state index in [0.29, 0.717) is 10.6 Å². The minimum absolute atomic E-state index is 0.119. The normalized spacial score (nSPS) is 13.9. The van der Waals surface area contributed by atoms with Gasteiger partial charge in [0.15, 0.2) is 0 Å². The van der Waals surface area contributed by atoms with Crippen molar-refractivity contribution in [1.82, 2.24) is 10.4 Å². The second kappa shape index (κ2) is 6.62. The lowest BCUT2D eigenvalue weighted by molar-refractivity contribution is -0.123. The quantitative estimate of drug-likeness (QED) is 0.839. The molecule has 8 heteroatoms. The number of alkyl halides is 3. The SMILES string of the molecule is C=C1c2ccc(F)cc2N=C(C(F)(F)F)N1NC(=O)Cc1ccccc1. The first-order valence-electron chi connectivity index (χ1n) is 7.54. The van der Waals surface area contributed by atoms with Crippen molar-refractivity contribution in [2.75, 3.05) is 0 Å². The van der Waals surface area contributed by atoms with E-state index in [1.165, 1.54) is 6.07 Å². The van der Waals surface area contributed by atoms with Gasteiger partial charge in [0.1, 0.15) is 5.82 Å². The summed E-state index contributed by atoms with van der Waals surface area (Å²) in [6.07, 6.45) is -4.99. The summed E-state index contributed by atoms with van der Waals surface area (Å²) in [4.78, 5) is 15.7. The van der Waals surface area contributed by atoms with Crippen molar-refractivity contribution in [2.45, 2.75) is 12.6 Å². The van der Waals surface area contributed by atoms with Crippen LogP contribution < -0.4 is 5.43 Å². The van der Waals surface area contributed by atoms with Gasteiger partial charge in [-0.15, -0.1) is 0 Å². The summed E-state index contributed by atoms with van der Waals surface area (Å²) in [5.41, 5.74) is 2.67. The van der Waals surface area contributed by atoms with Crippen LogP contribution >= 0.6 is 0 Å². The van der Waals surface area contributed by atoms with E-state index in [4.69, 9.17) is 0 Å². The van der Waals surface area contributed by atoms with Crippen molar-refractivity contribution in [3.8, 4) is 0 Å². The highest BCUT2D eigenvalue weighted by Crippen LogP contribution is 2.36. The molecule has 0 aliphatic carbocycles. The Morgan fingerprint density at radius 3 is 2.50 bits per heavy atom. The van der Waals surface area contributed by atoms with Crippen LogP contribution in [0.15, 0.2) is 60.1 Å². The van der Waals surface area contributed by atoms with Gasteiger partial charge in [0, 0.05) is 11.6 Å². The van der Waals surface area contributed by atoms with Crippen LogP contribution in [-0.4, -0.2) is 22.9 Å². The largest absolute Gasteiger partial charge is 0.451 e. The van der Waals surface area contributed by atoms with E-state index in [1.54, 1.807) is 30.3 Å². The zero-order valence-electron chi connectivity index (χ0n) is 13.3. The van der Waals surface area contributed by atoms with Crippen LogP contribution in [0, 0.1) is 5.82 Å². The second-order valence-electron chi connectivity index (χ2n) is 5.57. The number of amidine groups is 1. The lowest BCUT2D eigenvalue weighted by atomic mass is 10.1. The number of nitrogens with zero attached hydrogens (tertiary/aromatic N) is 2. The second-order valence-corrected chi connectivity index (χ2v) is 5.57. The minimum Gasteiger partial charge on any atom is -0.273 e. The van der Waals surface area contributed by atoms with Gasteiger partial charge in [-0.1, -0.05) is 36.9 Å². The number of fused-ring (bicyclic) bond motifs is 1. The van der Waals surface area contributed by atoms with Crippen molar-refractivity contribution >= 4 is 23.1 Å². The van der Waals surface area contributed by atoms with Crippen molar-refractivity contribution < 1.29 is 22.4 Å². The van der Waals surface area contributed by atoms with E-state index >= 15 is 0 Å². The molecule has 134 valence electrons. The van der Waals surface area contributed by atoms with Crippen LogP contribution in [0.3, 0.4) is 0 Å². The monoisotopic (exact) mass is 363 g/mol. The first kappa shape index (κ1) is 17.7. The molecule has 26 heavy (non-hydrogen) atoms. The van der Waals surface area contributed by atoms with Gasteiger partial charge >= 0.3 is 6.18 Å². The summed E-state index contributed by atoms with van der Waals surface area (Å²) in [6, 6.07) is 11.8. The van der Waals surface area contributed by atoms with Crippen molar-refractivity contribution in [3.05, 3.63) is 72.1 Å². The molecule has 0 unspecified atom stereocenters. The fourth-order valence-corrected chi connectivity index (χ4v) is 2.51. The molecular weight excluding hydrogens is 350 g/mol. The smallest absolute Gasteiger partial charge is 0.273 e. The number of amides is 1. The van der Waals surface area contributed by atoms with E-state index in [9.17, 15) is 22.4 Å². The third kappa shape index (κ3) is 3.58. The Balaban J connectivity index is 1.91. The molecule has 0 spiro atoms. The van der Waals surface area contributed by atoms with Gasteiger partial charge in [0.05, 0.1) is 17.8 Å². The Bertz CT molecular complexity index is 891.